The summed E-state index contributed by atoms with van der Waals surface area (Å²) in [5, 5.41) is 11.4. The number of amides is 1. The summed E-state index contributed by atoms with van der Waals surface area (Å²) in [6.45, 7) is 5.86. The Kier molecular flexibility index (Phi) is 6.55. The van der Waals surface area contributed by atoms with Crippen LogP contribution in [0.4, 0.5) is 5.69 Å². The van der Waals surface area contributed by atoms with Crippen LogP contribution in [0, 0.1) is 6.92 Å². The van der Waals surface area contributed by atoms with Gasteiger partial charge in [0.2, 0.25) is 5.91 Å². The number of hydrogen-bond donors (Lipinski definition) is 1. The molecule has 0 aliphatic heterocycles. The molecule has 118 valence electrons. The molecular formula is C14H16ClN3OS3. The Labute approximate surface area is 147 Å². The lowest BCUT2D eigenvalue weighted by Gasteiger charge is -2.12. The molecule has 0 aliphatic rings. The van der Waals surface area contributed by atoms with Crippen molar-refractivity contribution in [2.24, 2.45) is 0 Å². The first kappa shape index (κ1) is 17.6. The third-order valence-corrected chi connectivity index (χ3v) is 6.12. The summed E-state index contributed by atoms with van der Waals surface area (Å²) in [7, 11) is 0. The number of nitrogens with zero attached hydrogens (tertiary/aromatic N) is 2. The van der Waals surface area contributed by atoms with E-state index >= 15 is 0 Å². The molecule has 1 aromatic heterocycles. The molecule has 22 heavy (non-hydrogen) atoms. The third kappa shape index (κ3) is 4.87. The van der Waals surface area contributed by atoms with Crippen LogP contribution in [0.1, 0.15) is 19.4 Å². The first-order valence-electron chi connectivity index (χ1n) is 6.69. The standard InChI is InChI=1S/C14H16ClN3OS3/c1-4-20-13-17-18-14(22-13)21-9(3)12(19)16-11-7-10(15)6-5-8(11)2/h5-7,9H,4H2,1-3H3,(H,16,19). The molecule has 2 aromatic rings. The number of benzene rings is 1. The average molecular weight is 374 g/mol. The Hall–Kier alpha value is -0.760. The summed E-state index contributed by atoms with van der Waals surface area (Å²) in [5.41, 5.74) is 1.72. The van der Waals surface area contributed by atoms with Crippen molar-refractivity contribution in [2.75, 3.05) is 11.1 Å². The summed E-state index contributed by atoms with van der Waals surface area (Å²) >= 11 is 10.6. The summed E-state index contributed by atoms with van der Waals surface area (Å²) in [6.07, 6.45) is 0. The molecule has 1 amide bonds. The quantitative estimate of drug-likeness (QED) is 0.741. The van der Waals surface area contributed by atoms with E-state index in [-0.39, 0.29) is 11.2 Å². The molecule has 1 unspecified atom stereocenters. The number of aromatic nitrogens is 2. The predicted molar refractivity (Wildman–Crippen MR) is 96.4 cm³/mol. The number of rotatable bonds is 6. The fraction of sp³-hybridized carbons (Fsp3) is 0.357. The van der Waals surface area contributed by atoms with Crippen molar-refractivity contribution in [2.45, 2.75) is 34.7 Å². The van der Waals surface area contributed by atoms with Gasteiger partial charge in [0.05, 0.1) is 5.25 Å². The van der Waals surface area contributed by atoms with Gasteiger partial charge in [0.25, 0.3) is 0 Å². The normalized spacial score (nSPS) is 12.2. The van der Waals surface area contributed by atoms with Crippen molar-refractivity contribution < 1.29 is 4.79 Å². The topological polar surface area (TPSA) is 54.9 Å². The van der Waals surface area contributed by atoms with E-state index < -0.39 is 0 Å². The van der Waals surface area contributed by atoms with Gasteiger partial charge in [-0.3, -0.25) is 4.79 Å². The Balaban J connectivity index is 1.98. The van der Waals surface area contributed by atoms with Crippen LogP contribution in [0.25, 0.3) is 0 Å². The number of hydrogen-bond acceptors (Lipinski definition) is 6. The zero-order valence-corrected chi connectivity index (χ0v) is 15.6. The highest BCUT2D eigenvalue weighted by Gasteiger charge is 2.18. The molecule has 2 rings (SSSR count). The van der Waals surface area contributed by atoms with Crippen LogP contribution >= 0.6 is 46.5 Å². The van der Waals surface area contributed by atoms with Crippen molar-refractivity contribution in [1.29, 1.82) is 0 Å². The van der Waals surface area contributed by atoms with E-state index in [1.54, 1.807) is 23.9 Å². The lowest BCUT2D eigenvalue weighted by Crippen LogP contribution is -2.22. The number of anilines is 1. The Morgan fingerprint density at radius 3 is 2.86 bits per heavy atom. The van der Waals surface area contributed by atoms with Crippen LogP contribution in [0.2, 0.25) is 5.02 Å². The highest BCUT2D eigenvalue weighted by Crippen LogP contribution is 2.31. The molecule has 0 saturated carbocycles. The second-order valence-electron chi connectivity index (χ2n) is 4.48. The van der Waals surface area contributed by atoms with Crippen LogP contribution in [0.3, 0.4) is 0 Å². The van der Waals surface area contributed by atoms with Gasteiger partial charge in [-0.2, -0.15) is 0 Å². The van der Waals surface area contributed by atoms with Crippen LogP contribution < -0.4 is 5.32 Å². The van der Waals surface area contributed by atoms with Gasteiger partial charge in [-0.1, -0.05) is 59.5 Å². The Morgan fingerprint density at radius 1 is 1.41 bits per heavy atom. The van der Waals surface area contributed by atoms with Crippen molar-refractivity contribution >= 4 is 58.1 Å². The van der Waals surface area contributed by atoms with E-state index in [9.17, 15) is 4.79 Å². The van der Waals surface area contributed by atoms with E-state index in [1.807, 2.05) is 19.9 Å². The van der Waals surface area contributed by atoms with Gasteiger partial charge in [0, 0.05) is 10.7 Å². The molecule has 1 N–H and O–H groups in total. The molecule has 1 aromatic carbocycles. The molecule has 0 fully saturated rings. The molecule has 0 saturated heterocycles. The fourth-order valence-electron chi connectivity index (χ4n) is 1.59. The molecule has 0 bridgehead atoms. The highest BCUT2D eigenvalue weighted by atomic mass is 35.5. The van der Waals surface area contributed by atoms with E-state index in [0.717, 1.165) is 25.7 Å². The van der Waals surface area contributed by atoms with Gasteiger partial charge in [-0.25, -0.2) is 0 Å². The number of nitrogens with one attached hydrogen (secondary N) is 1. The number of halogens is 1. The maximum absolute atomic E-state index is 12.3. The molecule has 4 nitrogen and oxygen atoms in total. The van der Waals surface area contributed by atoms with Crippen LogP contribution in [0.15, 0.2) is 26.9 Å². The monoisotopic (exact) mass is 373 g/mol. The second kappa shape index (κ2) is 8.19. The van der Waals surface area contributed by atoms with Gasteiger partial charge < -0.3 is 5.32 Å². The van der Waals surface area contributed by atoms with Gasteiger partial charge >= 0.3 is 0 Å². The minimum absolute atomic E-state index is 0.0738. The summed E-state index contributed by atoms with van der Waals surface area (Å²) in [4.78, 5) is 12.3. The third-order valence-electron chi connectivity index (χ3n) is 2.76. The largest absolute Gasteiger partial charge is 0.325 e. The van der Waals surface area contributed by atoms with Crippen LogP contribution in [-0.2, 0) is 4.79 Å². The number of carbonyl (C=O) groups excluding carboxylic acids is 1. The molecule has 8 heteroatoms. The Bertz CT molecular complexity index is 663. The number of aryl methyl sites for hydroxylation is 1. The number of carbonyl (C=O) groups is 1. The molecule has 0 aliphatic carbocycles. The van der Waals surface area contributed by atoms with Gasteiger partial charge in [-0.05, 0) is 37.3 Å². The summed E-state index contributed by atoms with van der Waals surface area (Å²) in [5.74, 6) is 0.888. The maximum Gasteiger partial charge on any atom is 0.237 e. The maximum atomic E-state index is 12.3. The lowest BCUT2D eigenvalue weighted by atomic mass is 10.2. The van der Waals surface area contributed by atoms with Crippen molar-refractivity contribution in [3.05, 3.63) is 28.8 Å². The minimum Gasteiger partial charge on any atom is -0.325 e. The van der Waals surface area contributed by atoms with E-state index in [4.69, 9.17) is 11.6 Å². The van der Waals surface area contributed by atoms with Crippen molar-refractivity contribution in [3.8, 4) is 0 Å². The second-order valence-corrected chi connectivity index (χ2v) is 8.99. The average Bonchev–Trinajstić information content (AvgIpc) is 2.90. The van der Waals surface area contributed by atoms with Crippen LogP contribution in [-0.4, -0.2) is 27.1 Å². The van der Waals surface area contributed by atoms with Gasteiger partial charge in [-0.15, -0.1) is 10.2 Å². The van der Waals surface area contributed by atoms with E-state index in [0.29, 0.717) is 5.02 Å². The smallest absolute Gasteiger partial charge is 0.237 e. The van der Waals surface area contributed by atoms with Crippen molar-refractivity contribution in [1.82, 2.24) is 10.2 Å². The van der Waals surface area contributed by atoms with E-state index in [2.05, 4.69) is 22.4 Å². The summed E-state index contributed by atoms with van der Waals surface area (Å²) in [6, 6.07) is 5.45. The highest BCUT2D eigenvalue weighted by molar-refractivity contribution is 8.03. The minimum atomic E-state index is -0.259. The predicted octanol–water partition coefficient (Wildman–Crippen LogP) is 4.73. The summed E-state index contributed by atoms with van der Waals surface area (Å²) < 4.78 is 1.74. The molecular weight excluding hydrogens is 358 g/mol. The molecule has 0 radical (unpaired) electrons. The van der Waals surface area contributed by atoms with Gasteiger partial charge in [0.15, 0.2) is 8.68 Å². The van der Waals surface area contributed by atoms with Crippen molar-refractivity contribution in [3.63, 3.8) is 0 Å². The Morgan fingerprint density at radius 2 is 2.14 bits per heavy atom. The fourth-order valence-corrected chi connectivity index (χ4v) is 4.83. The molecule has 0 spiro atoms. The lowest BCUT2D eigenvalue weighted by molar-refractivity contribution is -0.115. The van der Waals surface area contributed by atoms with Gasteiger partial charge in [0.1, 0.15) is 0 Å². The number of thioether (sulfide) groups is 2. The van der Waals surface area contributed by atoms with E-state index in [1.165, 1.54) is 23.1 Å². The zero-order chi connectivity index (χ0) is 16.1. The molecule has 1 atom stereocenters. The molecule has 1 heterocycles. The van der Waals surface area contributed by atoms with Crippen LogP contribution in [0.5, 0.6) is 0 Å². The SMILES string of the molecule is CCSc1nnc(SC(C)C(=O)Nc2cc(Cl)ccc2C)s1. The zero-order valence-electron chi connectivity index (χ0n) is 12.4. The first-order valence-corrected chi connectivity index (χ1v) is 9.75. The first-order chi connectivity index (χ1) is 10.5.